The van der Waals surface area contributed by atoms with Crippen LogP contribution in [-0.4, -0.2) is 70.3 Å². The van der Waals surface area contributed by atoms with Crippen LogP contribution in [0.2, 0.25) is 0 Å². The first-order chi connectivity index (χ1) is 20.5. The largest absolute Gasteiger partial charge is 0.493 e. The van der Waals surface area contributed by atoms with Crippen molar-refractivity contribution in [1.29, 1.82) is 0 Å². The first-order valence-corrected chi connectivity index (χ1v) is 14.2. The zero-order valence-corrected chi connectivity index (χ0v) is 25.5. The summed E-state index contributed by atoms with van der Waals surface area (Å²) < 4.78 is 33.6. The lowest BCUT2D eigenvalue weighted by molar-refractivity contribution is 0.0516. The van der Waals surface area contributed by atoms with Gasteiger partial charge in [0, 0.05) is 16.9 Å². The molecule has 13 heteroatoms. The van der Waals surface area contributed by atoms with E-state index in [2.05, 4.69) is 15.4 Å². The van der Waals surface area contributed by atoms with Crippen molar-refractivity contribution >= 4 is 34.8 Å². The standard InChI is InChI=1S/C29H29N3O8S2/c1-34-21-13-12-19(24(37-4)26(21)39-6)20(32-40-28(33)17-10-8-7-9-11-17)16-41-29-31-30-27(42-29)18-14-22(35-2)25(38-5)23(15-18)36-3/h7-15H,16H2,1-6H3/b32-20-. The number of thioether (sulfide) groups is 1. The second-order valence-electron chi connectivity index (χ2n) is 8.24. The molecule has 4 rings (SSSR count). The van der Waals surface area contributed by atoms with Crippen molar-refractivity contribution in [1.82, 2.24) is 10.2 Å². The van der Waals surface area contributed by atoms with Gasteiger partial charge in [-0.3, -0.25) is 0 Å². The lowest BCUT2D eigenvalue weighted by Crippen LogP contribution is -2.11. The number of hydrogen-bond donors (Lipinski definition) is 0. The maximum Gasteiger partial charge on any atom is 0.365 e. The van der Waals surface area contributed by atoms with Gasteiger partial charge in [0.15, 0.2) is 27.3 Å². The molecule has 0 amide bonds. The van der Waals surface area contributed by atoms with Crippen LogP contribution >= 0.6 is 23.1 Å². The molecule has 4 aromatic rings. The van der Waals surface area contributed by atoms with Crippen LogP contribution in [0, 0.1) is 0 Å². The molecule has 0 unspecified atom stereocenters. The van der Waals surface area contributed by atoms with Crippen LogP contribution < -0.4 is 28.4 Å². The van der Waals surface area contributed by atoms with Crippen molar-refractivity contribution in [3.63, 3.8) is 0 Å². The Labute approximate surface area is 251 Å². The van der Waals surface area contributed by atoms with E-state index >= 15 is 0 Å². The van der Waals surface area contributed by atoms with Gasteiger partial charge in [-0.25, -0.2) is 4.79 Å². The Hall–Kier alpha value is -4.49. The Kier molecular flexibility index (Phi) is 10.5. The molecule has 0 radical (unpaired) electrons. The first kappa shape index (κ1) is 30.5. The van der Waals surface area contributed by atoms with Gasteiger partial charge in [-0.2, -0.15) is 0 Å². The van der Waals surface area contributed by atoms with E-state index in [1.807, 2.05) is 6.07 Å². The average Bonchev–Trinajstić information content (AvgIpc) is 3.52. The molecule has 0 bridgehead atoms. The zero-order chi connectivity index (χ0) is 30.1. The van der Waals surface area contributed by atoms with Gasteiger partial charge < -0.3 is 33.3 Å². The van der Waals surface area contributed by atoms with E-state index in [9.17, 15) is 4.79 Å². The third-order valence-electron chi connectivity index (χ3n) is 5.91. The minimum atomic E-state index is -0.599. The average molecular weight is 612 g/mol. The number of nitrogens with zero attached hydrogens (tertiary/aromatic N) is 3. The topological polar surface area (TPSA) is 120 Å². The minimum Gasteiger partial charge on any atom is -0.493 e. The number of carbonyl (C=O) groups excluding carboxylic acids is 1. The quantitative estimate of drug-likeness (QED) is 0.0812. The lowest BCUT2D eigenvalue weighted by atomic mass is 10.1. The molecule has 42 heavy (non-hydrogen) atoms. The monoisotopic (exact) mass is 611 g/mol. The number of benzene rings is 3. The van der Waals surface area contributed by atoms with Gasteiger partial charge in [-0.05, 0) is 36.4 Å². The van der Waals surface area contributed by atoms with Crippen LogP contribution in [0.3, 0.4) is 0 Å². The van der Waals surface area contributed by atoms with E-state index in [-0.39, 0.29) is 5.75 Å². The van der Waals surface area contributed by atoms with Gasteiger partial charge in [0.05, 0.1) is 48.2 Å². The zero-order valence-electron chi connectivity index (χ0n) is 23.8. The molecule has 1 heterocycles. The number of methoxy groups -OCH3 is 6. The van der Waals surface area contributed by atoms with E-state index in [4.69, 9.17) is 33.3 Å². The molecule has 0 aliphatic rings. The molecule has 11 nitrogen and oxygen atoms in total. The maximum absolute atomic E-state index is 12.7. The van der Waals surface area contributed by atoms with Gasteiger partial charge in [0.25, 0.3) is 0 Å². The van der Waals surface area contributed by atoms with Crippen LogP contribution in [0.4, 0.5) is 0 Å². The predicted molar refractivity (Wildman–Crippen MR) is 160 cm³/mol. The van der Waals surface area contributed by atoms with Gasteiger partial charge in [0.2, 0.25) is 11.5 Å². The van der Waals surface area contributed by atoms with Gasteiger partial charge in [0.1, 0.15) is 10.7 Å². The molecule has 1 aromatic heterocycles. The molecule has 0 atom stereocenters. The normalized spacial score (nSPS) is 11.0. The minimum absolute atomic E-state index is 0.262. The number of ether oxygens (including phenoxy) is 6. The third kappa shape index (κ3) is 6.69. The number of rotatable bonds is 13. The number of aromatic nitrogens is 2. The summed E-state index contributed by atoms with van der Waals surface area (Å²) in [4.78, 5) is 18.0. The fraction of sp³-hybridized carbons (Fsp3) is 0.241. The lowest BCUT2D eigenvalue weighted by Gasteiger charge is -2.16. The number of oxime groups is 1. The molecule has 0 saturated carbocycles. The van der Waals surface area contributed by atoms with Crippen LogP contribution in [0.25, 0.3) is 10.6 Å². The van der Waals surface area contributed by atoms with E-state index in [1.54, 1.807) is 69.9 Å². The Balaban J connectivity index is 1.65. The van der Waals surface area contributed by atoms with Gasteiger partial charge in [-0.15, -0.1) is 10.2 Å². The number of carbonyl (C=O) groups is 1. The van der Waals surface area contributed by atoms with Gasteiger partial charge >= 0.3 is 5.97 Å². The molecule has 0 spiro atoms. The third-order valence-corrected chi connectivity index (χ3v) is 8.03. The predicted octanol–water partition coefficient (Wildman–Crippen LogP) is 5.61. The van der Waals surface area contributed by atoms with E-state index < -0.39 is 5.97 Å². The van der Waals surface area contributed by atoms with Crippen molar-refractivity contribution in [2.45, 2.75) is 4.34 Å². The molecular formula is C29H29N3O8S2. The molecule has 0 saturated heterocycles. The molecule has 0 aliphatic carbocycles. The fourth-order valence-corrected chi connectivity index (χ4v) is 5.71. The summed E-state index contributed by atoms with van der Waals surface area (Å²) in [7, 11) is 9.20. The van der Waals surface area contributed by atoms with Crippen molar-refractivity contribution < 1.29 is 38.1 Å². The highest BCUT2D eigenvalue weighted by molar-refractivity contribution is 8.01. The molecular weight excluding hydrogens is 582 g/mol. The fourth-order valence-electron chi connectivity index (χ4n) is 3.92. The summed E-state index contributed by atoms with van der Waals surface area (Å²) in [6, 6.07) is 15.7. The molecule has 0 N–H and O–H groups in total. The summed E-state index contributed by atoms with van der Waals surface area (Å²) in [5.41, 5.74) is 2.08. The smallest absolute Gasteiger partial charge is 0.365 e. The summed E-state index contributed by atoms with van der Waals surface area (Å²) in [5, 5.41) is 13.6. The summed E-state index contributed by atoms with van der Waals surface area (Å²) in [6.45, 7) is 0. The SMILES string of the molecule is COc1cc(-c2nnc(SC/C(=N/OC(=O)c3ccccc3)c3ccc(OC)c(OC)c3OC)s2)cc(OC)c1OC. The van der Waals surface area contributed by atoms with Crippen molar-refractivity contribution in [2.75, 3.05) is 48.4 Å². The Morgan fingerprint density at radius 1 is 0.762 bits per heavy atom. The van der Waals surface area contributed by atoms with Crippen LogP contribution in [0.15, 0.2) is 64.1 Å². The maximum atomic E-state index is 12.7. The summed E-state index contributed by atoms with van der Waals surface area (Å²) >= 11 is 2.73. The van der Waals surface area contributed by atoms with E-state index in [0.29, 0.717) is 60.7 Å². The molecule has 220 valence electrons. The Morgan fingerprint density at radius 3 is 2.00 bits per heavy atom. The summed E-state index contributed by atoms with van der Waals surface area (Å²) in [6.07, 6.45) is 0. The highest BCUT2D eigenvalue weighted by Gasteiger charge is 2.22. The summed E-state index contributed by atoms with van der Waals surface area (Å²) in [5.74, 6) is 2.39. The van der Waals surface area contributed by atoms with E-state index in [0.717, 1.165) is 5.56 Å². The highest BCUT2D eigenvalue weighted by atomic mass is 32.2. The van der Waals surface area contributed by atoms with Crippen molar-refractivity contribution in [3.05, 3.63) is 65.7 Å². The Bertz CT molecular complexity index is 1530. The van der Waals surface area contributed by atoms with Crippen molar-refractivity contribution in [3.8, 4) is 45.1 Å². The van der Waals surface area contributed by atoms with Crippen LogP contribution in [0.5, 0.6) is 34.5 Å². The van der Waals surface area contributed by atoms with Crippen molar-refractivity contribution in [2.24, 2.45) is 5.16 Å². The van der Waals surface area contributed by atoms with Crippen LogP contribution in [0.1, 0.15) is 15.9 Å². The molecule has 0 fully saturated rings. The second kappa shape index (κ2) is 14.4. The molecule has 0 aliphatic heterocycles. The van der Waals surface area contributed by atoms with Crippen LogP contribution in [-0.2, 0) is 4.84 Å². The Morgan fingerprint density at radius 2 is 1.40 bits per heavy atom. The number of hydrogen-bond acceptors (Lipinski definition) is 13. The second-order valence-corrected chi connectivity index (χ2v) is 10.4. The van der Waals surface area contributed by atoms with E-state index in [1.165, 1.54) is 44.4 Å². The van der Waals surface area contributed by atoms with Gasteiger partial charge in [-0.1, -0.05) is 46.5 Å². The highest BCUT2D eigenvalue weighted by Crippen LogP contribution is 2.43. The molecule has 3 aromatic carbocycles. The first-order valence-electron chi connectivity index (χ1n) is 12.4.